The first-order valence-corrected chi connectivity index (χ1v) is 7.03. The van der Waals surface area contributed by atoms with Crippen molar-refractivity contribution in [2.45, 2.75) is 44.6 Å². The number of hydrogen-bond donors (Lipinski definition) is 2. The van der Waals surface area contributed by atoms with Crippen LogP contribution in [-0.4, -0.2) is 28.6 Å². The lowest BCUT2D eigenvalue weighted by molar-refractivity contribution is -0.123. The number of nitrogens with zero attached hydrogens (tertiary/aromatic N) is 1. The number of carbonyl (C=O) groups excluding carboxylic acids is 1. The van der Waals surface area contributed by atoms with Crippen molar-refractivity contribution in [1.82, 2.24) is 10.3 Å². The lowest BCUT2D eigenvalue weighted by Gasteiger charge is -2.31. The van der Waals surface area contributed by atoms with Gasteiger partial charge in [-0.15, -0.1) is 0 Å². The molecule has 0 aromatic carbocycles. The third kappa shape index (κ3) is 3.53. The molecule has 0 spiro atoms. The van der Waals surface area contributed by atoms with E-state index >= 15 is 0 Å². The van der Waals surface area contributed by atoms with Crippen molar-refractivity contribution in [1.29, 1.82) is 0 Å². The maximum absolute atomic E-state index is 12.3. The molecule has 3 unspecified atom stereocenters. The van der Waals surface area contributed by atoms with Gasteiger partial charge in [-0.2, -0.15) is 0 Å². The van der Waals surface area contributed by atoms with Crippen LogP contribution < -0.4 is 5.32 Å². The smallest absolute Gasteiger partial charge is 0.227 e. The van der Waals surface area contributed by atoms with Gasteiger partial charge in [0.1, 0.15) is 0 Å². The van der Waals surface area contributed by atoms with Gasteiger partial charge in [0.05, 0.1) is 5.92 Å². The molecule has 1 aromatic heterocycles. The Labute approximate surface area is 114 Å². The standard InChI is InChI=1S/C15H22N2O2/c1-11(12-6-4-8-16-9-12)15(19)17-14-7-3-2-5-13(14)10-18/h4,6,8-9,11,13-14,18H,2-3,5,7,10H2,1H3,(H,17,19). The number of aromatic nitrogens is 1. The van der Waals surface area contributed by atoms with Crippen LogP contribution in [0.2, 0.25) is 0 Å². The zero-order valence-corrected chi connectivity index (χ0v) is 11.4. The molecule has 1 aliphatic rings. The minimum atomic E-state index is -0.199. The first-order valence-electron chi connectivity index (χ1n) is 7.03. The van der Waals surface area contributed by atoms with Gasteiger partial charge in [0.2, 0.25) is 5.91 Å². The molecule has 3 atom stereocenters. The third-order valence-electron chi connectivity index (χ3n) is 4.05. The van der Waals surface area contributed by atoms with Crippen molar-refractivity contribution in [2.24, 2.45) is 5.92 Å². The number of hydrogen-bond acceptors (Lipinski definition) is 3. The first kappa shape index (κ1) is 14.0. The minimum absolute atomic E-state index is 0.0262. The van der Waals surface area contributed by atoms with Crippen molar-refractivity contribution < 1.29 is 9.90 Å². The highest BCUT2D eigenvalue weighted by molar-refractivity contribution is 5.83. The van der Waals surface area contributed by atoms with Crippen LogP contribution in [0.25, 0.3) is 0 Å². The van der Waals surface area contributed by atoms with Gasteiger partial charge in [-0.1, -0.05) is 18.9 Å². The van der Waals surface area contributed by atoms with Crippen molar-refractivity contribution in [3.63, 3.8) is 0 Å². The Morgan fingerprint density at radius 3 is 3.00 bits per heavy atom. The van der Waals surface area contributed by atoms with Gasteiger partial charge in [-0.25, -0.2) is 0 Å². The zero-order valence-electron chi connectivity index (χ0n) is 11.4. The number of rotatable bonds is 4. The SMILES string of the molecule is CC(C(=O)NC1CCCCC1CO)c1cccnc1. The van der Waals surface area contributed by atoms with Gasteiger partial charge in [0.15, 0.2) is 0 Å². The molecule has 19 heavy (non-hydrogen) atoms. The van der Waals surface area contributed by atoms with E-state index in [2.05, 4.69) is 10.3 Å². The maximum atomic E-state index is 12.3. The summed E-state index contributed by atoms with van der Waals surface area (Å²) in [6, 6.07) is 3.88. The molecule has 2 rings (SSSR count). The van der Waals surface area contributed by atoms with Crippen molar-refractivity contribution in [2.75, 3.05) is 6.61 Å². The lowest BCUT2D eigenvalue weighted by Crippen LogP contribution is -2.44. The van der Waals surface area contributed by atoms with Crippen LogP contribution in [0.3, 0.4) is 0 Å². The highest BCUT2D eigenvalue weighted by atomic mass is 16.3. The number of aliphatic hydroxyl groups is 1. The van der Waals surface area contributed by atoms with Crippen molar-refractivity contribution in [3.8, 4) is 0 Å². The molecule has 0 bridgehead atoms. The summed E-state index contributed by atoms with van der Waals surface area (Å²) in [7, 11) is 0. The molecule has 1 saturated carbocycles. The summed E-state index contributed by atoms with van der Waals surface area (Å²) in [5.74, 6) is 0.0344. The molecule has 1 aliphatic carbocycles. The van der Waals surface area contributed by atoms with E-state index in [1.807, 2.05) is 19.1 Å². The third-order valence-corrected chi connectivity index (χ3v) is 4.05. The number of carbonyl (C=O) groups is 1. The van der Waals surface area contributed by atoms with E-state index < -0.39 is 0 Å². The van der Waals surface area contributed by atoms with Crippen LogP contribution >= 0.6 is 0 Å². The van der Waals surface area contributed by atoms with E-state index in [-0.39, 0.29) is 30.4 Å². The van der Waals surface area contributed by atoms with Crippen LogP contribution in [0, 0.1) is 5.92 Å². The Morgan fingerprint density at radius 1 is 1.53 bits per heavy atom. The second kappa shape index (κ2) is 6.66. The number of amides is 1. The average molecular weight is 262 g/mol. The Bertz CT molecular complexity index is 408. The van der Waals surface area contributed by atoms with Gasteiger partial charge in [0.25, 0.3) is 0 Å². The molecule has 0 aliphatic heterocycles. The number of nitrogens with one attached hydrogen (secondary N) is 1. The summed E-state index contributed by atoms with van der Waals surface area (Å²) in [5.41, 5.74) is 0.927. The van der Waals surface area contributed by atoms with Gasteiger partial charge in [-0.3, -0.25) is 9.78 Å². The predicted octanol–water partition coefficient (Wildman–Crippen LogP) is 1.85. The Morgan fingerprint density at radius 2 is 2.32 bits per heavy atom. The summed E-state index contributed by atoms with van der Waals surface area (Å²) in [5, 5.41) is 12.5. The summed E-state index contributed by atoms with van der Waals surface area (Å²) in [4.78, 5) is 16.3. The zero-order chi connectivity index (χ0) is 13.7. The number of pyridine rings is 1. The Kier molecular flexibility index (Phi) is 4.91. The monoisotopic (exact) mass is 262 g/mol. The lowest BCUT2D eigenvalue weighted by atomic mass is 9.84. The van der Waals surface area contributed by atoms with Crippen LogP contribution in [0.5, 0.6) is 0 Å². The summed E-state index contributed by atoms with van der Waals surface area (Å²) < 4.78 is 0. The van der Waals surface area contributed by atoms with E-state index in [1.165, 1.54) is 0 Å². The molecular weight excluding hydrogens is 240 g/mol. The van der Waals surface area contributed by atoms with E-state index in [9.17, 15) is 9.90 Å². The van der Waals surface area contributed by atoms with Crippen molar-refractivity contribution in [3.05, 3.63) is 30.1 Å². The molecule has 1 fully saturated rings. The molecule has 104 valence electrons. The average Bonchev–Trinajstić information content (AvgIpc) is 2.48. The topological polar surface area (TPSA) is 62.2 Å². The van der Waals surface area contributed by atoms with Crippen LogP contribution in [0.4, 0.5) is 0 Å². The summed E-state index contributed by atoms with van der Waals surface area (Å²) in [6.45, 7) is 2.05. The second-order valence-electron chi connectivity index (χ2n) is 5.35. The normalized spacial score (nSPS) is 24.7. The fraction of sp³-hybridized carbons (Fsp3) is 0.600. The number of aliphatic hydroxyl groups excluding tert-OH is 1. The van der Waals surface area contributed by atoms with E-state index in [0.29, 0.717) is 0 Å². The molecule has 1 aromatic rings. The van der Waals surface area contributed by atoms with Gasteiger partial charge < -0.3 is 10.4 Å². The van der Waals surface area contributed by atoms with Crippen LogP contribution in [0.15, 0.2) is 24.5 Å². The largest absolute Gasteiger partial charge is 0.396 e. The first-order chi connectivity index (χ1) is 9.22. The molecular formula is C15H22N2O2. The molecule has 4 nitrogen and oxygen atoms in total. The fourth-order valence-corrected chi connectivity index (χ4v) is 2.71. The molecule has 4 heteroatoms. The van der Waals surface area contributed by atoms with E-state index in [4.69, 9.17) is 0 Å². The molecule has 2 N–H and O–H groups in total. The minimum Gasteiger partial charge on any atom is -0.396 e. The van der Waals surface area contributed by atoms with Gasteiger partial charge in [0, 0.05) is 31.0 Å². The van der Waals surface area contributed by atoms with Crippen molar-refractivity contribution >= 4 is 5.91 Å². The quantitative estimate of drug-likeness (QED) is 0.870. The highest BCUT2D eigenvalue weighted by Crippen LogP contribution is 2.25. The Balaban J connectivity index is 1.96. The highest BCUT2D eigenvalue weighted by Gasteiger charge is 2.27. The molecule has 1 heterocycles. The predicted molar refractivity (Wildman–Crippen MR) is 73.6 cm³/mol. The molecule has 0 radical (unpaired) electrons. The second-order valence-corrected chi connectivity index (χ2v) is 5.35. The van der Waals surface area contributed by atoms with Gasteiger partial charge in [-0.05, 0) is 31.4 Å². The molecule has 1 amide bonds. The van der Waals surface area contributed by atoms with Crippen LogP contribution in [-0.2, 0) is 4.79 Å². The summed E-state index contributed by atoms with van der Waals surface area (Å²) in [6.07, 6.45) is 7.68. The maximum Gasteiger partial charge on any atom is 0.227 e. The Hall–Kier alpha value is -1.42. The summed E-state index contributed by atoms with van der Waals surface area (Å²) >= 11 is 0. The van der Waals surface area contributed by atoms with E-state index in [1.54, 1.807) is 12.4 Å². The van der Waals surface area contributed by atoms with Crippen LogP contribution in [0.1, 0.15) is 44.1 Å². The molecule has 0 saturated heterocycles. The van der Waals surface area contributed by atoms with Gasteiger partial charge >= 0.3 is 0 Å². The fourth-order valence-electron chi connectivity index (χ4n) is 2.71. The van der Waals surface area contributed by atoms with E-state index in [0.717, 1.165) is 31.2 Å².